The first-order valence-electron chi connectivity index (χ1n) is 6.28. The zero-order chi connectivity index (χ0) is 14.9. The molecule has 2 aromatic rings. The molecule has 0 unspecified atom stereocenters. The molecule has 108 valence electrons. The van der Waals surface area contributed by atoms with Crippen molar-refractivity contribution in [2.45, 2.75) is 0 Å². The van der Waals surface area contributed by atoms with Gasteiger partial charge in [0.2, 0.25) is 0 Å². The maximum atomic E-state index is 12.5. The highest BCUT2D eigenvalue weighted by Crippen LogP contribution is 2.38. The minimum Gasteiger partial charge on any atom is -0.397 e. The Hall–Kier alpha value is -1.11. The van der Waals surface area contributed by atoms with Crippen LogP contribution in [-0.4, -0.2) is 49.9 Å². The molecule has 0 fully saturated rings. The van der Waals surface area contributed by atoms with Crippen LogP contribution in [-0.2, 0) is 0 Å². The van der Waals surface area contributed by atoms with E-state index in [0.717, 1.165) is 21.1 Å². The molecule has 0 aliphatic heterocycles. The maximum absolute atomic E-state index is 12.5. The molecule has 0 saturated heterocycles. The van der Waals surface area contributed by atoms with Gasteiger partial charge in [-0.05, 0) is 26.2 Å². The van der Waals surface area contributed by atoms with Gasteiger partial charge in [-0.1, -0.05) is 22.0 Å². The summed E-state index contributed by atoms with van der Waals surface area (Å²) in [6, 6.07) is 5.87. The highest BCUT2D eigenvalue weighted by molar-refractivity contribution is 9.10. The summed E-state index contributed by atoms with van der Waals surface area (Å²) in [5.74, 6) is -0.0162. The van der Waals surface area contributed by atoms with E-state index in [4.69, 9.17) is 5.73 Å². The molecule has 2 rings (SSSR count). The number of likely N-dealkylation sites (N-methyl/N-ethyl adjacent to an activating group) is 2. The molecule has 0 radical (unpaired) electrons. The summed E-state index contributed by atoms with van der Waals surface area (Å²) < 4.78 is 1.96. The van der Waals surface area contributed by atoms with Crippen LogP contribution in [0.4, 0.5) is 5.69 Å². The van der Waals surface area contributed by atoms with E-state index in [1.54, 1.807) is 4.90 Å². The first-order chi connectivity index (χ1) is 9.41. The Morgan fingerprint density at radius 3 is 2.60 bits per heavy atom. The van der Waals surface area contributed by atoms with Crippen molar-refractivity contribution in [1.29, 1.82) is 0 Å². The van der Waals surface area contributed by atoms with E-state index in [2.05, 4.69) is 20.8 Å². The molecule has 20 heavy (non-hydrogen) atoms. The number of carbonyl (C=O) groups is 1. The van der Waals surface area contributed by atoms with Gasteiger partial charge in [-0.3, -0.25) is 4.79 Å². The van der Waals surface area contributed by atoms with Crippen LogP contribution in [0, 0.1) is 0 Å². The van der Waals surface area contributed by atoms with E-state index in [-0.39, 0.29) is 5.91 Å². The van der Waals surface area contributed by atoms with Gasteiger partial charge < -0.3 is 15.5 Å². The number of hydrogen-bond donors (Lipinski definition) is 1. The van der Waals surface area contributed by atoms with Crippen molar-refractivity contribution in [3.8, 4) is 0 Å². The molecule has 0 spiro atoms. The fraction of sp³-hybridized carbons (Fsp3) is 0.357. The van der Waals surface area contributed by atoms with Gasteiger partial charge in [-0.25, -0.2) is 0 Å². The van der Waals surface area contributed by atoms with E-state index in [1.807, 2.05) is 39.3 Å². The molecule has 0 aliphatic carbocycles. The Morgan fingerprint density at radius 2 is 2.00 bits per heavy atom. The fourth-order valence-electron chi connectivity index (χ4n) is 1.91. The van der Waals surface area contributed by atoms with Gasteiger partial charge >= 0.3 is 0 Å². The number of thiophene rings is 1. The number of benzene rings is 1. The summed E-state index contributed by atoms with van der Waals surface area (Å²) in [5, 5.41) is 0.932. The predicted molar refractivity (Wildman–Crippen MR) is 89.5 cm³/mol. The number of hydrogen-bond acceptors (Lipinski definition) is 4. The van der Waals surface area contributed by atoms with Gasteiger partial charge in [0.25, 0.3) is 5.91 Å². The number of carbonyl (C=O) groups excluding carboxylic acids is 1. The molecule has 0 atom stereocenters. The Labute approximate surface area is 131 Å². The lowest BCUT2D eigenvalue weighted by Crippen LogP contribution is -2.33. The number of anilines is 1. The van der Waals surface area contributed by atoms with E-state index >= 15 is 0 Å². The van der Waals surface area contributed by atoms with Gasteiger partial charge in [0, 0.05) is 34.7 Å². The van der Waals surface area contributed by atoms with Crippen molar-refractivity contribution < 1.29 is 4.79 Å². The molecule has 1 aromatic heterocycles. The van der Waals surface area contributed by atoms with Crippen molar-refractivity contribution in [1.82, 2.24) is 9.80 Å². The zero-order valence-electron chi connectivity index (χ0n) is 11.8. The van der Waals surface area contributed by atoms with Crippen molar-refractivity contribution in [2.24, 2.45) is 0 Å². The Balaban J connectivity index is 2.31. The molecule has 1 aromatic carbocycles. The lowest BCUT2D eigenvalue weighted by atomic mass is 10.2. The second-order valence-electron chi connectivity index (χ2n) is 4.99. The Bertz CT molecular complexity index is 639. The maximum Gasteiger partial charge on any atom is 0.265 e. The summed E-state index contributed by atoms with van der Waals surface area (Å²) >= 11 is 4.94. The van der Waals surface area contributed by atoms with Crippen LogP contribution in [0.15, 0.2) is 22.7 Å². The largest absolute Gasteiger partial charge is 0.397 e. The van der Waals surface area contributed by atoms with Gasteiger partial charge in [-0.15, -0.1) is 11.3 Å². The van der Waals surface area contributed by atoms with Crippen LogP contribution >= 0.6 is 27.3 Å². The molecule has 2 N–H and O–H groups in total. The second-order valence-corrected chi connectivity index (χ2v) is 6.89. The van der Waals surface area contributed by atoms with Gasteiger partial charge in [0.15, 0.2) is 0 Å². The Morgan fingerprint density at radius 1 is 1.30 bits per heavy atom. The summed E-state index contributed by atoms with van der Waals surface area (Å²) in [6.45, 7) is 1.51. The molecule has 0 aliphatic rings. The molecule has 6 heteroatoms. The average molecular weight is 356 g/mol. The molecule has 1 heterocycles. The summed E-state index contributed by atoms with van der Waals surface area (Å²) in [6.07, 6.45) is 0. The standard InChI is InChI=1S/C14H18BrN3OS/c1-17(2)7-8-18(3)14(19)13-12(16)11-9(15)5-4-6-10(11)20-13/h4-6H,7-8,16H2,1-3H3. The summed E-state index contributed by atoms with van der Waals surface area (Å²) in [7, 11) is 5.79. The van der Waals surface area contributed by atoms with Crippen LogP contribution < -0.4 is 5.73 Å². The van der Waals surface area contributed by atoms with Crippen LogP contribution in [0.2, 0.25) is 0 Å². The van der Waals surface area contributed by atoms with Gasteiger partial charge in [0.1, 0.15) is 4.88 Å². The first kappa shape index (κ1) is 15.3. The number of halogens is 1. The normalized spacial score (nSPS) is 11.2. The number of nitrogens with two attached hydrogens (primary N) is 1. The van der Waals surface area contributed by atoms with Crippen molar-refractivity contribution >= 4 is 48.9 Å². The van der Waals surface area contributed by atoms with Crippen LogP contribution in [0.5, 0.6) is 0 Å². The van der Waals surface area contributed by atoms with Gasteiger partial charge in [-0.2, -0.15) is 0 Å². The van der Waals surface area contributed by atoms with Crippen molar-refractivity contribution in [3.63, 3.8) is 0 Å². The number of rotatable bonds is 4. The highest BCUT2D eigenvalue weighted by atomic mass is 79.9. The highest BCUT2D eigenvalue weighted by Gasteiger charge is 2.20. The minimum absolute atomic E-state index is 0.0162. The SMILES string of the molecule is CN(C)CCN(C)C(=O)c1sc2cccc(Br)c2c1N. The molecule has 0 saturated carbocycles. The quantitative estimate of drug-likeness (QED) is 0.917. The average Bonchev–Trinajstić information content (AvgIpc) is 2.73. The monoisotopic (exact) mass is 355 g/mol. The number of amides is 1. The molecule has 0 bridgehead atoms. The zero-order valence-corrected chi connectivity index (χ0v) is 14.2. The number of nitrogen functional groups attached to an aromatic ring is 1. The van der Waals surface area contributed by atoms with E-state index in [0.29, 0.717) is 17.1 Å². The second kappa shape index (κ2) is 6.11. The van der Waals surface area contributed by atoms with Crippen LogP contribution in [0.25, 0.3) is 10.1 Å². The van der Waals surface area contributed by atoms with Crippen LogP contribution in [0.3, 0.4) is 0 Å². The van der Waals surface area contributed by atoms with E-state index in [9.17, 15) is 4.79 Å². The lowest BCUT2D eigenvalue weighted by Gasteiger charge is -2.19. The Kier molecular flexibility index (Phi) is 4.67. The third kappa shape index (κ3) is 2.97. The first-order valence-corrected chi connectivity index (χ1v) is 7.89. The minimum atomic E-state index is -0.0162. The number of fused-ring (bicyclic) bond motifs is 1. The topological polar surface area (TPSA) is 49.6 Å². The third-order valence-corrected chi connectivity index (χ3v) is 4.94. The molecule has 4 nitrogen and oxygen atoms in total. The molecular formula is C14H18BrN3OS. The summed E-state index contributed by atoms with van der Waals surface area (Å²) in [4.78, 5) is 16.9. The predicted octanol–water partition coefficient (Wildman–Crippen LogP) is 2.88. The van der Waals surface area contributed by atoms with Gasteiger partial charge in [0.05, 0.1) is 5.69 Å². The van der Waals surface area contributed by atoms with E-state index in [1.165, 1.54) is 11.3 Å². The molecular weight excluding hydrogens is 338 g/mol. The molecule has 1 amide bonds. The van der Waals surface area contributed by atoms with Crippen molar-refractivity contribution in [2.75, 3.05) is 40.0 Å². The lowest BCUT2D eigenvalue weighted by molar-refractivity contribution is 0.0792. The fourth-order valence-corrected chi connectivity index (χ4v) is 3.77. The summed E-state index contributed by atoms with van der Waals surface area (Å²) in [5.41, 5.74) is 6.73. The number of nitrogens with zero attached hydrogens (tertiary/aromatic N) is 2. The third-order valence-electron chi connectivity index (χ3n) is 3.12. The smallest absolute Gasteiger partial charge is 0.265 e. The van der Waals surface area contributed by atoms with E-state index < -0.39 is 0 Å². The van der Waals surface area contributed by atoms with Crippen molar-refractivity contribution in [3.05, 3.63) is 27.5 Å². The van der Waals surface area contributed by atoms with Crippen LogP contribution in [0.1, 0.15) is 9.67 Å².